The molecule has 0 aliphatic rings. The fourth-order valence-electron chi connectivity index (χ4n) is 2.02. The van der Waals surface area contributed by atoms with Crippen LogP contribution in [0, 0.1) is 6.92 Å². The lowest BCUT2D eigenvalue weighted by Crippen LogP contribution is -2.23. The number of nitrogens with one attached hydrogen (secondary N) is 1. The Hall–Kier alpha value is -0.290. The lowest BCUT2D eigenvalue weighted by molar-refractivity contribution is 0.447. The molecule has 0 spiro atoms. The van der Waals surface area contributed by atoms with Crippen molar-refractivity contribution in [2.75, 3.05) is 6.54 Å². The average molecular weight is 422 g/mol. The fraction of sp³-hybridized carbons (Fsp3) is 0.333. The van der Waals surface area contributed by atoms with Gasteiger partial charge in [-0.3, -0.25) is 0 Å². The monoisotopic (exact) mass is 419 g/mol. The van der Waals surface area contributed by atoms with E-state index in [4.69, 9.17) is 16.0 Å². The van der Waals surface area contributed by atoms with Crippen LogP contribution in [-0.4, -0.2) is 6.54 Å². The van der Waals surface area contributed by atoms with Crippen LogP contribution < -0.4 is 5.32 Å². The summed E-state index contributed by atoms with van der Waals surface area (Å²) in [5.74, 6) is 0.819. The molecule has 0 amide bonds. The molecule has 1 atom stereocenters. The van der Waals surface area contributed by atoms with E-state index in [1.165, 1.54) is 5.56 Å². The Morgan fingerprint density at radius 1 is 1.25 bits per heavy atom. The van der Waals surface area contributed by atoms with Crippen LogP contribution in [0.5, 0.6) is 0 Å². The minimum Gasteiger partial charge on any atom is -0.448 e. The molecule has 0 aliphatic carbocycles. The van der Waals surface area contributed by atoms with Crippen molar-refractivity contribution in [3.8, 4) is 0 Å². The number of furan rings is 1. The number of benzene rings is 1. The Bertz CT molecular complexity index is 598. The molecule has 2 rings (SSSR count). The summed E-state index contributed by atoms with van der Waals surface area (Å²) >= 11 is 13.1. The van der Waals surface area contributed by atoms with Crippen molar-refractivity contribution >= 4 is 43.5 Å². The van der Waals surface area contributed by atoms with Crippen LogP contribution in [0.2, 0.25) is 5.22 Å². The van der Waals surface area contributed by atoms with Crippen molar-refractivity contribution in [3.05, 3.63) is 55.3 Å². The summed E-state index contributed by atoms with van der Waals surface area (Å²) in [6, 6.07) is 7.88. The van der Waals surface area contributed by atoms with E-state index in [9.17, 15) is 0 Å². The minimum absolute atomic E-state index is 0.0197. The van der Waals surface area contributed by atoms with Crippen molar-refractivity contribution in [3.63, 3.8) is 0 Å². The highest BCUT2D eigenvalue weighted by atomic mass is 79.9. The third-order valence-corrected chi connectivity index (χ3v) is 4.81. The summed E-state index contributed by atoms with van der Waals surface area (Å²) in [6.45, 7) is 5.11. The fourth-order valence-corrected chi connectivity index (χ4v) is 3.22. The maximum Gasteiger partial charge on any atom is 0.193 e. The van der Waals surface area contributed by atoms with Gasteiger partial charge in [-0.25, -0.2) is 0 Å². The Balaban J connectivity index is 2.43. The molecule has 0 radical (unpaired) electrons. The van der Waals surface area contributed by atoms with Crippen LogP contribution in [0.25, 0.3) is 0 Å². The first-order chi connectivity index (χ1) is 9.52. The highest BCUT2D eigenvalue weighted by molar-refractivity contribution is 9.11. The molecule has 1 heterocycles. The van der Waals surface area contributed by atoms with Gasteiger partial charge in [0.25, 0.3) is 0 Å². The van der Waals surface area contributed by atoms with Crippen LogP contribution >= 0.6 is 43.5 Å². The second-order valence-corrected chi connectivity index (χ2v) is 6.73. The summed E-state index contributed by atoms with van der Waals surface area (Å²) in [7, 11) is 0. The molecule has 1 aromatic carbocycles. The second kappa shape index (κ2) is 7.12. The Morgan fingerprint density at radius 2 is 2.00 bits per heavy atom. The van der Waals surface area contributed by atoms with Crippen molar-refractivity contribution < 1.29 is 4.42 Å². The standard InChI is InChI=1S/C15H16Br2ClNO/c1-3-6-19-15(13-4-5-14(18)20-13)10-8-11(16)9(2)7-12(10)17/h4-5,7-8,15,19H,3,6H2,1-2H3. The van der Waals surface area contributed by atoms with Crippen LogP contribution in [0.15, 0.2) is 37.6 Å². The first-order valence-corrected chi connectivity index (χ1v) is 8.43. The van der Waals surface area contributed by atoms with Gasteiger partial charge in [-0.15, -0.1) is 0 Å². The SMILES string of the molecule is CCCNC(c1ccc(Cl)o1)c1cc(Br)c(C)cc1Br. The highest BCUT2D eigenvalue weighted by Gasteiger charge is 2.20. The molecule has 2 aromatic rings. The maximum atomic E-state index is 5.91. The molecular weight excluding hydrogens is 405 g/mol. The van der Waals surface area contributed by atoms with E-state index in [-0.39, 0.29) is 6.04 Å². The zero-order valence-corrected chi connectivity index (χ0v) is 15.3. The molecule has 108 valence electrons. The third-order valence-electron chi connectivity index (χ3n) is 3.07. The van der Waals surface area contributed by atoms with Crippen molar-refractivity contribution in [1.29, 1.82) is 0 Å². The zero-order valence-electron chi connectivity index (χ0n) is 11.3. The van der Waals surface area contributed by atoms with Gasteiger partial charge in [-0.05, 0) is 66.9 Å². The normalized spacial score (nSPS) is 12.7. The van der Waals surface area contributed by atoms with E-state index >= 15 is 0 Å². The number of hydrogen-bond donors (Lipinski definition) is 1. The molecule has 0 fully saturated rings. The van der Waals surface area contributed by atoms with Crippen molar-refractivity contribution in [2.24, 2.45) is 0 Å². The zero-order chi connectivity index (χ0) is 14.7. The van der Waals surface area contributed by atoms with Gasteiger partial charge in [-0.2, -0.15) is 0 Å². The average Bonchev–Trinajstić information content (AvgIpc) is 2.82. The summed E-state index contributed by atoms with van der Waals surface area (Å²) < 4.78 is 7.72. The summed E-state index contributed by atoms with van der Waals surface area (Å²) in [5, 5.41) is 3.91. The van der Waals surface area contributed by atoms with Crippen LogP contribution in [0.4, 0.5) is 0 Å². The summed E-state index contributed by atoms with van der Waals surface area (Å²) in [6.07, 6.45) is 1.05. The predicted octanol–water partition coefficient (Wildman–Crippen LogP) is 5.86. The number of rotatable bonds is 5. The van der Waals surface area contributed by atoms with Gasteiger partial charge >= 0.3 is 0 Å². The number of halogens is 3. The van der Waals surface area contributed by atoms with Gasteiger partial charge in [-0.1, -0.05) is 38.8 Å². The third kappa shape index (κ3) is 3.67. The Kier molecular flexibility index (Phi) is 5.73. The lowest BCUT2D eigenvalue weighted by atomic mass is 10.0. The molecule has 0 saturated carbocycles. The van der Waals surface area contributed by atoms with E-state index < -0.39 is 0 Å². The first kappa shape index (κ1) is 16.1. The van der Waals surface area contributed by atoms with E-state index in [2.05, 4.69) is 63.2 Å². The van der Waals surface area contributed by atoms with Crippen LogP contribution in [0.1, 0.15) is 36.3 Å². The largest absolute Gasteiger partial charge is 0.448 e. The topological polar surface area (TPSA) is 25.2 Å². The maximum absolute atomic E-state index is 5.91. The summed E-state index contributed by atoms with van der Waals surface area (Å²) in [4.78, 5) is 0. The second-order valence-electron chi connectivity index (χ2n) is 4.65. The number of hydrogen-bond acceptors (Lipinski definition) is 2. The van der Waals surface area contributed by atoms with Gasteiger partial charge in [0.15, 0.2) is 5.22 Å². The molecule has 20 heavy (non-hydrogen) atoms. The van der Waals surface area contributed by atoms with Crippen LogP contribution in [0.3, 0.4) is 0 Å². The predicted molar refractivity (Wildman–Crippen MR) is 90.4 cm³/mol. The van der Waals surface area contributed by atoms with Crippen LogP contribution in [-0.2, 0) is 0 Å². The smallest absolute Gasteiger partial charge is 0.193 e. The van der Waals surface area contributed by atoms with E-state index in [0.717, 1.165) is 33.2 Å². The molecule has 1 unspecified atom stereocenters. The van der Waals surface area contributed by atoms with E-state index in [1.807, 2.05) is 6.07 Å². The quantitative estimate of drug-likeness (QED) is 0.655. The Labute approximate surface area is 141 Å². The van der Waals surface area contributed by atoms with Gasteiger partial charge in [0.05, 0.1) is 6.04 Å². The number of aryl methyl sites for hydroxylation is 1. The summed E-state index contributed by atoms with van der Waals surface area (Å²) in [5.41, 5.74) is 2.31. The highest BCUT2D eigenvalue weighted by Crippen LogP contribution is 2.34. The molecule has 0 aliphatic heterocycles. The van der Waals surface area contributed by atoms with Crippen molar-refractivity contribution in [1.82, 2.24) is 5.32 Å². The molecular formula is C15H16Br2ClNO. The van der Waals surface area contributed by atoms with Gasteiger partial charge in [0.2, 0.25) is 0 Å². The molecule has 0 saturated heterocycles. The molecule has 0 bridgehead atoms. The lowest BCUT2D eigenvalue weighted by Gasteiger charge is -2.19. The van der Waals surface area contributed by atoms with Crippen molar-refractivity contribution in [2.45, 2.75) is 26.3 Å². The van der Waals surface area contributed by atoms with Gasteiger partial charge < -0.3 is 9.73 Å². The molecule has 1 N–H and O–H groups in total. The minimum atomic E-state index is -0.0197. The molecule has 5 heteroatoms. The molecule has 1 aromatic heterocycles. The van der Waals surface area contributed by atoms with Gasteiger partial charge in [0, 0.05) is 8.95 Å². The Morgan fingerprint density at radius 3 is 2.60 bits per heavy atom. The van der Waals surface area contributed by atoms with E-state index in [0.29, 0.717) is 5.22 Å². The van der Waals surface area contributed by atoms with E-state index in [1.54, 1.807) is 6.07 Å². The molecule has 2 nitrogen and oxygen atoms in total. The van der Waals surface area contributed by atoms with Gasteiger partial charge in [0.1, 0.15) is 5.76 Å². The first-order valence-electron chi connectivity index (χ1n) is 6.47.